The number of para-hydroxylation sites is 1. The van der Waals surface area contributed by atoms with Gasteiger partial charge in [0.05, 0.1) is 27.5 Å². The first kappa shape index (κ1) is 23.1. The summed E-state index contributed by atoms with van der Waals surface area (Å²) in [6.07, 6.45) is 0.926. The van der Waals surface area contributed by atoms with Gasteiger partial charge in [-0.15, -0.1) is 0 Å². The zero-order valence-electron chi connectivity index (χ0n) is 17.2. The van der Waals surface area contributed by atoms with Crippen LogP contribution in [0.15, 0.2) is 77.6 Å². The van der Waals surface area contributed by atoms with Crippen molar-refractivity contribution in [2.75, 3.05) is 16.4 Å². The predicted molar refractivity (Wildman–Crippen MR) is 129 cm³/mol. The molecule has 0 N–H and O–H groups in total. The van der Waals surface area contributed by atoms with Crippen LogP contribution in [0.1, 0.15) is 0 Å². The maximum absolute atomic E-state index is 13.1. The maximum Gasteiger partial charge on any atom is 0.279 e. The van der Waals surface area contributed by atoms with Gasteiger partial charge in [-0.1, -0.05) is 54.1 Å². The molecule has 170 valence electrons. The van der Waals surface area contributed by atoms with Crippen molar-refractivity contribution in [1.29, 1.82) is 0 Å². The second-order valence-electron chi connectivity index (χ2n) is 7.26. The van der Waals surface area contributed by atoms with Gasteiger partial charge in [0.25, 0.3) is 5.56 Å². The number of fused-ring (bicyclic) bond motifs is 1. The van der Waals surface area contributed by atoms with Crippen molar-refractivity contribution in [3.05, 3.63) is 88.2 Å². The van der Waals surface area contributed by atoms with Crippen molar-refractivity contribution in [1.82, 2.24) is 9.78 Å². The Morgan fingerprint density at radius 3 is 2.30 bits per heavy atom. The summed E-state index contributed by atoms with van der Waals surface area (Å²) in [5.41, 5.74) is 1.09. The van der Waals surface area contributed by atoms with Crippen LogP contribution in [0.3, 0.4) is 0 Å². The van der Waals surface area contributed by atoms with E-state index in [0.717, 1.165) is 6.26 Å². The summed E-state index contributed by atoms with van der Waals surface area (Å²) in [6, 6.07) is 20.3. The number of nitrogens with zero attached hydrogens (tertiary/aromatic N) is 3. The lowest BCUT2D eigenvalue weighted by Crippen LogP contribution is -2.31. The summed E-state index contributed by atoms with van der Waals surface area (Å²) in [6.45, 7) is 0. The molecule has 0 saturated carbocycles. The van der Waals surface area contributed by atoms with Crippen LogP contribution in [0, 0.1) is 0 Å². The van der Waals surface area contributed by atoms with Gasteiger partial charge in [-0.25, -0.2) is 8.42 Å². The van der Waals surface area contributed by atoms with Gasteiger partial charge in [0, 0.05) is 28.5 Å². The van der Waals surface area contributed by atoms with Gasteiger partial charge in [-0.2, -0.15) is 9.78 Å². The molecule has 0 aliphatic carbocycles. The third-order valence-corrected chi connectivity index (χ3v) is 6.72. The van der Waals surface area contributed by atoms with Gasteiger partial charge in [-0.05, 0) is 30.3 Å². The molecule has 1 unspecified atom stereocenters. The summed E-state index contributed by atoms with van der Waals surface area (Å²) in [5.74, 6) is -0.774. The molecular weight excluding hydrogens is 486 g/mol. The summed E-state index contributed by atoms with van der Waals surface area (Å²) < 4.78 is 49.1. The van der Waals surface area contributed by atoms with E-state index in [9.17, 15) is 22.0 Å². The Labute approximate surface area is 197 Å². The molecule has 0 spiro atoms. The molecule has 0 fully saturated rings. The van der Waals surface area contributed by atoms with E-state index in [1.54, 1.807) is 54.6 Å². The second-order valence-corrected chi connectivity index (χ2v) is 10.7. The van der Waals surface area contributed by atoms with E-state index in [4.69, 9.17) is 11.6 Å². The molecule has 4 rings (SSSR count). The summed E-state index contributed by atoms with van der Waals surface area (Å²) in [4.78, 5) is 13.1. The Hall–Kier alpha value is -3.05. The van der Waals surface area contributed by atoms with Crippen LogP contribution >= 0.6 is 11.6 Å². The van der Waals surface area contributed by atoms with Gasteiger partial charge < -0.3 is 4.55 Å². The first-order valence-electron chi connectivity index (χ1n) is 9.58. The van der Waals surface area contributed by atoms with Crippen molar-refractivity contribution < 1.29 is 17.2 Å². The van der Waals surface area contributed by atoms with Crippen molar-refractivity contribution in [3.8, 4) is 16.9 Å². The van der Waals surface area contributed by atoms with Gasteiger partial charge in [0.15, 0.2) is 9.84 Å². The fraction of sp³-hybridized carbons (Fsp3) is 0.0909. The highest BCUT2D eigenvalue weighted by molar-refractivity contribution is 7.92. The van der Waals surface area contributed by atoms with Gasteiger partial charge in [-0.3, -0.25) is 13.3 Å². The lowest BCUT2D eigenvalue weighted by molar-refractivity contribution is 0.533. The van der Waals surface area contributed by atoms with E-state index in [1.165, 1.54) is 16.8 Å². The molecule has 0 amide bonds. The number of hydrogen-bond acceptors (Lipinski definition) is 6. The van der Waals surface area contributed by atoms with Crippen LogP contribution in [0.2, 0.25) is 5.02 Å². The smallest absolute Gasteiger partial charge is 0.279 e. The van der Waals surface area contributed by atoms with Gasteiger partial charge in [0.1, 0.15) is 5.88 Å². The van der Waals surface area contributed by atoms with E-state index in [1.807, 2.05) is 6.07 Å². The van der Waals surface area contributed by atoms with Crippen molar-refractivity contribution in [3.63, 3.8) is 0 Å². The Morgan fingerprint density at radius 2 is 1.67 bits per heavy atom. The third kappa shape index (κ3) is 4.83. The summed E-state index contributed by atoms with van der Waals surface area (Å²) in [5, 5.41) is 5.59. The van der Waals surface area contributed by atoms with E-state index < -0.39 is 27.0 Å². The fourth-order valence-corrected chi connectivity index (χ4v) is 5.47. The summed E-state index contributed by atoms with van der Waals surface area (Å²) in [7, 11) is -3.68. The van der Waals surface area contributed by atoms with Crippen LogP contribution < -0.4 is 9.86 Å². The van der Waals surface area contributed by atoms with Crippen molar-refractivity contribution >= 4 is 49.2 Å². The molecule has 1 heterocycles. The first-order valence-corrected chi connectivity index (χ1v) is 13.0. The van der Waals surface area contributed by atoms with Gasteiger partial charge in [0.2, 0.25) is 0 Å². The minimum absolute atomic E-state index is 0.0173. The average molecular weight is 503 g/mol. The minimum atomic E-state index is -3.68. The van der Waals surface area contributed by atoms with Gasteiger partial charge >= 0.3 is 0 Å². The van der Waals surface area contributed by atoms with E-state index >= 15 is 0 Å². The molecule has 0 saturated heterocycles. The number of aromatic nitrogens is 2. The van der Waals surface area contributed by atoms with Crippen LogP contribution in [-0.4, -0.2) is 39.1 Å². The topological polar surface area (TPSA) is 112 Å². The Balaban J connectivity index is 1.98. The fourth-order valence-electron chi connectivity index (χ4n) is 3.40. The molecule has 8 nitrogen and oxygen atoms in total. The lowest BCUT2D eigenvalue weighted by atomic mass is 10.0. The van der Waals surface area contributed by atoms with Crippen LogP contribution in [0.4, 0.5) is 5.69 Å². The number of rotatable bonds is 6. The van der Waals surface area contributed by atoms with E-state index in [-0.39, 0.29) is 16.3 Å². The van der Waals surface area contributed by atoms with Crippen molar-refractivity contribution in [2.45, 2.75) is 0 Å². The third-order valence-electron chi connectivity index (χ3n) is 4.83. The first-order chi connectivity index (χ1) is 15.7. The largest absolute Gasteiger partial charge is 0.755 e. The highest BCUT2D eigenvalue weighted by atomic mass is 35.5. The molecule has 0 aliphatic heterocycles. The predicted octanol–water partition coefficient (Wildman–Crippen LogP) is 3.31. The molecule has 1 atom stereocenters. The monoisotopic (exact) mass is 502 g/mol. The Kier molecular flexibility index (Phi) is 6.35. The lowest BCUT2D eigenvalue weighted by Gasteiger charge is -2.26. The Morgan fingerprint density at radius 1 is 1.03 bits per heavy atom. The highest BCUT2D eigenvalue weighted by Gasteiger charge is 2.20. The maximum atomic E-state index is 13.1. The van der Waals surface area contributed by atoms with Crippen LogP contribution in [0.25, 0.3) is 27.7 Å². The summed E-state index contributed by atoms with van der Waals surface area (Å²) >= 11 is 3.34. The molecule has 0 bridgehead atoms. The number of sulfone groups is 1. The number of halogens is 1. The molecule has 0 radical (unpaired) electrons. The van der Waals surface area contributed by atoms with E-state index in [0.29, 0.717) is 32.0 Å². The number of anilines is 1. The molecule has 4 aromatic rings. The molecule has 3 aromatic carbocycles. The zero-order chi connectivity index (χ0) is 23.8. The molecule has 33 heavy (non-hydrogen) atoms. The Bertz CT molecular complexity index is 1540. The molecule has 1 aromatic heterocycles. The highest BCUT2D eigenvalue weighted by Crippen LogP contribution is 2.34. The normalized spacial score (nSPS) is 12.6. The standard InChI is InChI=1S/C22H18ClN3O5S2/c1-33(30,31)14-25(32(28)29)20-13-15(11-12-19(20)23)21-17-9-5-6-10-18(17)22(27)26(24-21)16-7-3-2-4-8-16/h2-13H,14H2,1H3,(H,28,29)/p-1. The molecular formula is C22H17ClN3O5S2-. The quantitative estimate of drug-likeness (QED) is 0.374. The minimum Gasteiger partial charge on any atom is -0.755 e. The molecule has 0 aliphatic rings. The van der Waals surface area contributed by atoms with Crippen molar-refractivity contribution in [2.24, 2.45) is 0 Å². The average Bonchev–Trinajstić information content (AvgIpc) is 2.78. The number of hydrogen-bond donors (Lipinski definition) is 0. The SMILES string of the molecule is CS(=O)(=O)CN(c1cc(-c2nn(-c3ccccc3)c(=O)c3ccccc23)ccc1Cl)S(=O)[O-]. The number of benzene rings is 3. The van der Waals surface area contributed by atoms with Crippen LogP contribution in [0.5, 0.6) is 0 Å². The van der Waals surface area contributed by atoms with Crippen LogP contribution in [-0.2, 0) is 21.1 Å². The molecule has 11 heteroatoms. The zero-order valence-corrected chi connectivity index (χ0v) is 19.6. The van der Waals surface area contributed by atoms with E-state index in [2.05, 4.69) is 5.10 Å². The second kappa shape index (κ2) is 9.06.